The van der Waals surface area contributed by atoms with Gasteiger partial charge in [0.1, 0.15) is 11.9 Å². The fourth-order valence-corrected chi connectivity index (χ4v) is 3.12. The van der Waals surface area contributed by atoms with Crippen LogP contribution in [0, 0.1) is 5.92 Å². The van der Waals surface area contributed by atoms with Crippen LogP contribution in [-0.4, -0.2) is 42.8 Å². The molecule has 7 heteroatoms. The number of nitrogens with zero attached hydrogens (tertiary/aromatic N) is 5. The molecule has 1 aliphatic rings. The van der Waals surface area contributed by atoms with E-state index >= 15 is 0 Å². The summed E-state index contributed by atoms with van der Waals surface area (Å²) in [5.74, 6) is 2.42. The summed E-state index contributed by atoms with van der Waals surface area (Å²) in [7, 11) is 1.92. The molecule has 2 aromatic rings. The first-order valence-electron chi connectivity index (χ1n) is 8.55. The van der Waals surface area contributed by atoms with Crippen LogP contribution in [0.2, 0.25) is 0 Å². The minimum atomic E-state index is -0.496. The van der Waals surface area contributed by atoms with Crippen molar-refractivity contribution in [3.05, 3.63) is 29.9 Å². The van der Waals surface area contributed by atoms with E-state index < -0.39 is 6.10 Å². The molecule has 3 heterocycles. The summed E-state index contributed by atoms with van der Waals surface area (Å²) >= 11 is 0. The number of hydrogen-bond donors (Lipinski definition) is 1. The Kier molecular flexibility index (Phi) is 4.73. The molecule has 1 fully saturated rings. The van der Waals surface area contributed by atoms with Gasteiger partial charge in [0.15, 0.2) is 5.82 Å². The molecule has 1 atom stereocenters. The van der Waals surface area contributed by atoms with Crippen molar-refractivity contribution in [2.75, 3.05) is 13.1 Å². The van der Waals surface area contributed by atoms with Crippen molar-refractivity contribution in [1.29, 1.82) is 0 Å². The van der Waals surface area contributed by atoms with Crippen LogP contribution in [0.25, 0.3) is 0 Å². The van der Waals surface area contributed by atoms with E-state index in [-0.39, 0.29) is 11.3 Å². The Morgan fingerprint density at radius 3 is 2.58 bits per heavy atom. The second-order valence-electron chi connectivity index (χ2n) is 7.72. The molecule has 0 radical (unpaired) electrons. The molecule has 2 aromatic heterocycles. The van der Waals surface area contributed by atoms with Crippen molar-refractivity contribution in [3.63, 3.8) is 0 Å². The maximum absolute atomic E-state index is 10.5. The third-order valence-electron chi connectivity index (χ3n) is 4.68. The van der Waals surface area contributed by atoms with Gasteiger partial charge >= 0.3 is 0 Å². The number of piperidine rings is 1. The van der Waals surface area contributed by atoms with Crippen LogP contribution in [0.5, 0.6) is 0 Å². The van der Waals surface area contributed by atoms with Gasteiger partial charge in [0, 0.05) is 24.9 Å². The summed E-state index contributed by atoms with van der Waals surface area (Å²) in [6, 6.07) is 0. The average molecular weight is 333 g/mol. The number of imidazole rings is 1. The van der Waals surface area contributed by atoms with Gasteiger partial charge in [-0.1, -0.05) is 25.9 Å². The molecule has 1 aliphatic heterocycles. The quantitative estimate of drug-likeness (QED) is 0.922. The number of rotatable bonds is 4. The molecule has 0 spiro atoms. The molecule has 1 saturated heterocycles. The van der Waals surface area contributed by atoms with Crippen LogP contribution in [0.3, 0.4) is 0 Å². The Morgan fingerprint density at radius 1 is 1.33 bits per heavy atom. The second-order valence-corrected chi connectivity index (χ2v) is 7.72. The Balaban J connectivity index is 1.54. The van der Waals surface area contributed by atoms with Gasteiger partial charge in [-0.15, -0.1) is 0 Å². The van der Waals surface area contributed by atoms with E-state index in [9.17, 15) is 5.11 Å². The van der Waals surface area contributed by atoms with E-state index in [2.05, 4.69) is 40.8 Å². The minimum absolute atomic E-state index is 0.121. The molecule has 0 saturated carbocycles. The lowest BCUT2D eigenvalue weighted by atomic mass is 9.90. The summed E-state index contributed by atoms with van der Waals surface area (Å²) in [6.07, 6.45) is 4.99. The maximum atomic E-state index is 10.5. The molecular formula is C17H27N5O2. The lowest BCUT2D eigenvalue weighted by Crippen LogP contribution is -2.36. The third-order valence-corrected chi connectivity index (χ3v) is 4.68. The lowest BCUT2D eigenvalue weighted by Gasteiger charge is -2.33. The molecule has 132 valence electrons. The number of aliphatic hydroxyl groups excluding tert-OH is 1. The number of aryl methyl sites for hydroxylation is 1. The molecular weight excluding hydrogens is 306 g/mol. The Labute approximate surface area is 142 Å². The summed E-state index contributed by atoms with van der Waals surface area (Å²) in [5, 5.41) is 14.6. The first-order chi connectivity index (χ1) is 11.3. The SMILES string of the molecule is Cn1ccnc1C(O)C1CCN(Cc2noc(C(C)(C)C)n2)CC1. The Hall–Kier alpha value is -1.73. The van der Waals surface area contributed by atoms with Crippen molar-refractivity contribution in [3.8, 4) is 0 Å². The highest BCUT2D eigenvalue weighted by molar-refractivity contribution is 5.00. The molecule has 7 nitrogen and oxygen atoms in total. The fraction of sp³-hybridized carbons (Fsp3) is 0.706. The smallest absolute Gasteiger partial charge is 0.232 e. The van der Waals surface area contributed by atoms with Gasteiger partial charge in [-0.2, -0.15) is 4.98 Å². The summed E-state index contributed by atoms with van der Waals surface area (Å²) in [5.41, 5.74) is -0.121. The average Bonchev–Trinajstić information content (AvgIpc) is 3.16. The van der Waals surface area contributed by atoms with Gasteiger partial charge in [0.2, 0.25) is 5.89 Å². The van der Waals surface area contributed by atoms with Gasteiger partial charge < -0.3 is 14.2 Å². The van der Waals surface area contributed by atoms with Crippen LogP contribution in [0.1, 0.15) is 57.3 Å². The summed E-state index contributed by atoms with van der Waals surface area (Å²) in [4.78, 5) is 11.1. The van der Waals surface area contributed by atoms with Gasteiger partial charge in [0.05, 0.1) is 6.54 Å². The normalized spacial score (nSPS) is 18.9. The molecule has 0 aromatic carbocycles. The first kappa shape index (κ1) is 17.1. The van der Waals surface area contributed by atoms with Gasteiger partial charge in [-0.3, -0.25) is 4.90 Å². The van der Waals surface area contributed by atoms with E-state index in [0.717, 1.165) is 37.6 Å². The molecule has 0 bridgehead atoms. The fourth-order valence-electron chi connectivity index (χ4n) is 3.12. The number of aromatic nitrogens is 4. The van der Waals surface area contributed by atoms with Crippen molar-refractivity contribution >= 4 is 0 Å². The van der Waals surface area contributed by atoms with Crippen LogP contribution < -0.4 is 0 Å². The highest BCUT2D eigenvalue weighted by Gasteiger charge is 2.29. The van der Waals surface area contributed by atoms with Crippen LogP contribution in [-0.2, 0) is 19.0 Å². The molecule has 1 unspecified atom stereocenters. The largest absolute Gasteiger partial charge is 0.385 e. The van der Waals surface area contributed by atoms with Crippen molar-refractivity contribution < 1.29 is 9.63 Å². The number of hydrogen-bond acceptors (Lipinski definition) is 6. The molecule has 24 heavy (non-hydrogen) atoms. The molecule has 3 rings (SSSR count). The summed E-state index contributed by atoms with van der Waals surface area (Å²) in [6.45, 7) is 8.74. The predicted molar refractivity (Wildman–Crippen MR) is 89.2 cm³/mol. The Bertz CT molecular complexity index is 665. The van der Waals surface area contributed by atoms with Crippen molar-refractivity contribution in [2.24, 2.45) is 13.0 Å². The first-order valence-corrected chi connectivity index (χ1v) is 8.55. The standard InChI is InChI=1S/C17H27N5O2/c1-17(2,3)16-19-13(20-24-16)11-22-8-5-12(6-9-22)14(23)15-18-7-10-21(15)4/h7,10,12,14,23H,5-6,8-9,11H2,1-4H3. The number of likely N-dealkylation sites (tertiary alicyclic amines) is 1. The molecule has 0 amide bonds. The monoisotopic (exact) mass is 333 g/mol. The van der Waals surface area contributed by atoms with E-state index in [1.807, 2.05) is 17.8 Å². The highest BCUT2D eigenvalue weighted by atomic mass is 16.5. The van der Waals surface area contributed by atoms with Crippen LogP contribution in [0.15, 0.2) is 16.9 Å². The van der Waals surface area contributed by atoms with Gasteiger partial charge in [-0.05, 0) is 31.8 Å². The molecule has 1 N–H and O–H groups in total. The zero-order valence-corrected chi connectivity index (χ0v) is 14.9. The van der Waals surface area contributed by atoms with Crippen molar-refractivity contribution in [2.45, 2.75) is 51.7 Å². The van der Waals surface area contributed by atoms with E-state index in [0.29, 0.717) is 12.4 Å². The summed E-state index contributed by atoms with van der Waals surface area (Å²) < 4.78 is 7.25. The zero-order valence-electron chi connectivity index (χ0n) is 14.9. The minimum Gasteiger partial charge on any atom is -0.385 e. The van der Waals surface area contributed by atoms with Crippen LogP contribution >= 0.6 is 0 Å². The third kappa shape index (κ3) is 3.67. The van der Waals surface area contributed by atoms with Gasteiger partial charge in [-0.25, -0.2) is 4.98 Å². The number of aliphatic hydroxyl groups is 1. The van der Waals surface area contributed by atoms with E-state index in [1.165, 1.54) is 0 Å². The highest BCUT2D eigenvalue weighted by Crippen LogP contribution is 2.30. The van der Waals surface area contributed by atoms with E-state index in [1.54, 1.807) is 6.20 Å². The van der Waals surface area contributed by atoms with E-state index in [4.69, 9.17) is 4.52 Å². The Morgan fingerprint density at radius 2 is 2.04 bits per heavy atom. The topological polar surface area (TPSA) is 80.2 Å². The second kappa shape index (κ2) is 6.64. The maximum Gasteiger partial charge on any atom is 0.232 e. The lowest BCUT2D eigenvalue weighted by molar-refractivity contribution is 0.0484. The van der Waals surface area contributed by atoms with Crippen LogP contribution in [0.4, 0.5) is 0 Å². The zero-order chi connectivity index (χ0) is 17.3. The molecule has 0 aliphatic carbocycles. The van der Waals surface area contributed by atoms with Gasteiger partial charge in [0.25, 0.3) is 0 Å². The predicted octanol–water partition coefficient (Wildman–Crippen LogP) is 2.05. The van der Waals surface area contributed by atoms with Crippen molar-refractivity contribution in [1.82, 2.24) is 24.6 Å².